The van der Waals surface area contributed by atoms with Gasteiger partial charge in [0.2, 0.25) is 0 Å². The Kier molecular flexibility index (Phi) is 7.12. The normalized spacial score (nSPS) is 16.5. The van der Waals surface area contributed by atoms with Crippen LogP contribution in [0.25, 0.3) is 21.9 Å². The second-order valence-electron chi connectivity index (χ2n) is 8.43. The van der Waals surface area contributed by atoms with Gasteiger partial charge >= 0.3 is 0 Å². The molecule has 31 heavy (non-hydrogen) atoms. The van der Waals surface area contributed by atoms with Gasteiger partial charge in [-0.2, -0.15) is 0 Å². The maximum Gasteiger partial charge on any atom is 0.125 e. The van der Waals surface area contributed by atoms with Crippen LogP contribution in [0.2, 0.25) is 0 Å². The first-order valence-electron chi connectivity index (χ1n) is 11.1. The summed E-state index contributed by atoms with van der Waals surface area (Å²) in [5, 5.41) is 21.8. The number of aliphatic hydroxyl groups excluding tert-OH is 2. The molecule has 2 N–H and O–H groups in total. The smallest absolute Gasteiger partial charge is 0.125 e. The van der Waals surface area contributed by atoms with E-state index in [1.807, 2.05) is 43.6 Å². The van der Waals surface area contributed by atoms with Gasteiger partial charge in [-0.3, -0.25) is 0 Å². The van der Waals surface area contributed by atoms with E-state index in [1.165, 1.54) is 0 Å². The third-order valence-electron chi connectivity index (χ3n) is 6.08. The minimum Gasteiger partial charge on any atom is -0.491 e. The van der Waals surface area contributed by atoms with Crippen molar-refractivity contribution in [3.8, 4) is 16.9 Å². The van der Waals surface area contributed by atoms with E-state index in [-0.39, 0.29) is 13.2 Å². The summed E-state index contributed by atoms with van der Waals surface area (Å²) in [4.78, 5) is 11.0. The molecule has 0 aliphatic carbocycles. The van der Waals surface area contributed by atoms with Gasteiger partial charge in [0.15, 0.2) is 0 Å². The van der Waals surface area contributed by atoms with E-state index in [2.05, 4.69) is 27.0 Å². The second-order valence-corrected chi connectivity index (χ2v) is 8.43. The molecule has 1 saturated heterocycles. The number of aromatic nitrogens is 2. The molecule has 0 amide bonds. The summed E-state index contributed by atoms with van der Waals surface area (Å²) < 4.78 is 6.01. The van der Waals surface area contributed by atoms with Gasteiger partial charge in [0.05, 0.1) is 0 Å². The lowest BCUT2D eigenvalue weighted by molar-refractivity contribution is 0.0528. The van der Waals surface area contributed by atoms with E-state index >= 15 is 0 Å². The van der Waals surface area contributed by atoms with Gasteiger partial charge in [-0.15, -0.1) is 0 Å². The molecule has 0 radical (unpaired) electrons. The largest absolute Gasteiger partial charge is 0.491 e. The van der Waals surface area contributed by atoms with Crippen LogP contribution in [-0.4, -0.2) is 64.0 Å². The van der Waals surface area contributed by atoms with Crippen LogP contribution in [0.3, 0.4) is 0 Å². The lowest BCUT2D eigenvalue weighted by atomic mass is 9.94. The van der Waals surface area contributed by atoms with Crippen LogP contribution in [-0.2, 0) is 0 Å². The summed E-state index contributed by atoms with van der Waals surface area (Å²) in [6.07, 6.45) is 6.18. The number of hydrogen-bond acceptors (Lipinski definition) is 6. The first kappa shape index (κ1) is 21.7. The molecule has 1 fully saturated rings. The molecule has 1 atom stereocenters. The Bertz CT molecular complexity index is 985. The van der Waals surface area contributed by atoms with Crippen LogP contribution in [0.5, 0.6) is 5.75 Å². The molecule has 2 aromatic carbocycles. The van der Waals surface area contributed by atoms with Gasteiger partial charge < -0.3 is 19.8 Å². The Balaban J connectivity index is 1.42. The molecule has 1 aliphatic heterocycles. The first-order valence-corrected chi connectivity index (χ1v) is 11.1. The van der Waals surface area contributed by atoms with Crippen molar-refractivity contribution in [2.45, 2.75) is 32.3 Å². The maximum absolute atomic E-state index is 10.5. The van der Waals surface area contributed by atoms with Crippen LogP contribution < -0.4 is 4.74 Å². The lowest BCUT2D eigenvalue weighted by Gasteiger charge is -2.32. The number of nitrogens with zero attached hydrogens (tertiary/aromatic N) is 3. The zero-order chi connectivity index (χ0) is 21.6. The van der Waals surface area contributed by atoms with Crippen LogP contribution in [0.1, 0.15) is 25.1 Å². The van der Waals surface area contributed by atoms with Crippen molar-refractivity contribution in [2.24, 2.45) is 5.92 Å². The maximum atomic E-state index is 10.5. The van der Waals surface area contributed by atoms with Gasteiger partial charge in [-0.1, -0.05) is 24.3 Å². The van der Waals surface area contributed by atoms with Crippen LogP contribution in [0.4, 0.5) is 0 Å². The summed E-state index contributed by atoms with van der Waals surface area (Å²) in [5.41, 5.74) is 1.96. The number of aryl methyl sites for hydroxylation is 1. The molecule has 3 aromatic rings. The van der Waals surface area contributed by atoms with E-state index in [0.29, 0.717) is 12.5 Å². The average Bonchev–Trinajstić information content (AvgIpc) is 2.79. The number of fused-ring (bicyclic) bond motifs is 1. The molecule has 0 bridgehead atoms. The van der Waals surface area contributed by atoms with E-state index in [0.717, 1.165) is 65.8 Å². The number of hydrogen-bond donors (Lipinski definition) is 2. The third kappa shape index (κ3) is 5.58. The molecule has 2 heterocycles. The predicted molar refractivity (Wildman–Crippen MR) is 122 cm³/mol. The van der Waals surface area contributed by atoms with Gasteiger partial charge in [0, 0.05) is 31.1 Å². The average molecular weight is 422 g/mol. The predicted octanol–water partition coefficient (Wildman–Crippen LogP) is 3.44. The molecule has 0 spiro atoms. The van der Waals surface area contributed by atoms with Crippen LogP contribution >= 0.6 is 0 Å². The van der Waals surface area contributed by atoms with Crippen molar-refractivity contribution in [2.75, 3.05) is 32.8 Å². The highest BCUT2D eigenvalue weighted by Crippen LogP contribution is 2.32. The Labute approximate surface area is 183 Å². The highest BCUT2D eigenvalue weighted by molar-refractivity contribution is 5.97. The summed E-state index contributed by atoms with van der Waals surface area (Å²) in [7, 11) is 0. The van der Waals surface area contributed by atoms with Crippen molar-refractivity contribution in [1.29, 1.82) is 0 Å². The number of benzene rings is 2. The summed E-state index contributed by atoms with van der Waals surface area (Å²) >= 11 is 0. The monoisotopic (exact) mass is 421 g/mol. The molecule has 6 nitrogen and oxygen atoms in total. The van der Waals surface area contributed by atoms with Crippen LogP contribution in [0, 0.1) is 12.8 Å². The third-order valence-corrected chi connectivity index (χ3v) is 6.08. The Hall–Kier alpha value is -2.54. The fraction of sp³-hybridized carbons (Fsp3) is 0.440. The van der Waals surface area contributed by atoms with Crippen molar-refractivity contribution < 1.29 is 14.9 Å². The van der Waals surface area contributed by atoms with Gasteiger partial charge in [0.1, 0.15) is 24.3 Å². The lowest BCUT2D eigenvalue weighted by Crippen LogP contribution is -2.40. The van der Waals surface area contributed by atoms with E-state index in [9.17, 15) is 5.11 Å². The number of ether oxygens (including phenoxy) is 1. The highest BCUT2D eigenvalue weighted by atomic mass is 16.5. The molecular formula is C25H31N3O3. The molecule has 1 unspecified atom stereocenters. The fourth-order valence-corrected chi connectivity index (χ4v) is 4.32. The molecule has 4 rings (SSSR count). The molecule has 6 heteroatoms. The van der Waals surface area contributed by atoms with Crippen molar-refractivity contribution in [3.05, 3.63) is 54.6 Å². The zero-order valence-electron chi connectivity index (χ0n) is 18.1. The topological polar surface area (TPSA) is 78.7 Å². The first-order chi connectivity index (χ1) is 15.1. The van der Waals surface area contributed by atoms with Gasteiger partial charge in [-0.25, -0.2) is 9.97 Å². The number of rotatable bonds is 8. The standard InChI is InChI=1S/C25H31N3O3/c1-18-26-14-21(15-27-18)25-13-23(12-20-4-2-3-5-24(20)25)31-17-22(30)16-28-9-6-19(7-10-28)8-11-29/h2-5,12-15,19,22,29-30H,6-11,16-17H2,1H3. The van der Waals surface area contributed by atoms with Crippen molar-refractivity contribution in [1.82, 2.24) is 14.9 Å². The van der Waals surface area contributed by atoms with E-state index < -0.39 is 6.10 Å². The summed E-state index contributed by atoms with van der Waals surface area (Å²) in [6, 6.07) is 12.2. The summed E-state index contributed by atoms with van der Waals surface area (Å²) in [6.45, 7) is 4.93. The van der Waals surface area contributed by atoms with Crippen molar-refractivity contribution >= 4 is 10.8 Å². The quantitative estimate of drug-likeness (QED) is 0.580. The number of piperidine rings is 1. The highest BCUT2D eigenvalue weighted by Gasteiger charge is 2.21. The van der Waals surface area contributed by atoms with Crippen molar-refractivity contribution in [3.63, 3.8) is 0 Å². The SMILES string of the molecule is Cc1ncc(-c2cc(OCC(O)CN3CCC(CCO)CC3)cc3ccccc23)cn1. The molecule has 0 saturated carbocycles. The number of likely N-dealkylation sites (tertiary alicyclic amines) is 1. The Morgan fingerprint density at radius 3 is 2.61 bits per heavy atom. The molecule has 1 aliphatic rings. The van der Waals surface area contributed by atoms with Crippen LogP contribution in [0.15, 0.2) is 48.8 Å². The fourth-order valence-electron chi connectivity index (χ4n) is 4.32. The Morgan fingerprint density at radius 2 is 1.87 bits per heavy atom. The zero-order valence-corrected chi connectivity index (χ0v) is 18.1. The summed E-state index contributed by atoms with van der Waals surface area (Å²) in [5.74, 6) is 2.08. The molecular weight excluding hydrogens is 390 g/mol. The van der Waals surface area contributed by atoms with E-state index in [4.69, 9.17) is 9.84 Å². The minimum absolute atomic E-state index is 0.249. The van der Waals surface area contributed by atoms with Gasteiger partial charge in [0.25, 0.3) is 0 Å². The number of aliphatic hydroxyl groups is 2. The number of β-amino-alcohol motifs (C(OH)–C–C–N with tert-alkyl or cyclic N) is 1. The minimum atomic E-state index is -0.549. The van der Waals surface area contributed by atoms with E-state index in [1.54, 1.807) is 0 Å². The second kappa shape index (κ2) is 10.2. The Morgan fingerprint density at radius 1 is 1.13 bits per heavy atom. The molecule has 1 aromatic heterocycles. The van der Waals surface area contributed by atoms with Gasteiger partial charge in [-0.05, 0) is 73.7 Å². The molecule has 164 valence electrons.